The first-order chi connectivity index (χ1) is 15.8. The number of ketones is 1. The zero-order valence-corrected chi connectivity index (χ0v) is 20.8. The smallest absolute Gasteiger partial charge is 0.334 e. The number of hydrogen-bond donors (Lipinski definition) is 2. The number of esters is 1. The van der Waals surface area contributed by atoms with Gasteiger partial charge < -0.3 is 19.7 Å². The first-order valence-electron chi connectivity index (χ1n) is 12.7. The molecule has 0 aromatic carbocycles. The summed E-state index contributed by atoms with van der Waals surface area (Å²) in [6.45, 7) is 9.49. The van der Waals surface area contributed by atoms with E-state index in [1.165, 1.54) is 0 Å². The summed E-state index contributed by atoms with van der Waals surface area (Å²) < 4.78 is 12.0. The first kappa shape index (κ1) is 22.7. The molecule has 0 amide bonds. The average Bonchev–Trinajstić information content (AvgIpc) is 3.40. The number of fused-ring (bicyclic) bond motifs is 4. The zero-order valence-electron chi connectivity index (χ0n) is 20.8. The van der Waals surface area contributed by atoms with Crippen LogP contribution >= 0.6 is 0 Å². The quantitative estimate of drug-likeness (QED) is 0.366. The van der Waals surface area contributed by atoms with Gasteiger partial charge in [-0.1, -0.05) is 24.6 Å². The van der Waals surface area contributed by atoms with Crippen molar-refractivity contribution in [3.05, 3.63) is 34.9 Å². The van der Waals surface area contributed by atoms with Crippen LogP contribution in [0.2, 0.25) is 0 Å². The highest BCUT2D eigenvalue weighted by atomic mass is 16.6. The van der Waals surface area contributed by atoms with Gasteiger partial charge >= 0.3 is 5.97 Å². The molecule has 1 spiro atoms. The molecule has 6 rings (SSSR count). The number of rotatable bonds is 2. The molecule has 0 aromatic rings. The number of carbonyl (C=O) groups is 2. The first-order valence-corrected chi connectivity index (χ1v) is 12.7. The summed E-state index contributed by atoms with van der Waals surface area (Å²) in [5.41, 5.74) is -1.91. The maximum atomic E-state index is 13.3. The molecule has 0 unspecified atom stereocenters. The predicted octanol–water partition coefficient (Wildman–Crippen LogP) is 3.56. The van der Waals surface area contributed by atoms with Crippen LogP contribution in [0, 0.1) is 22.7 Å². The number of ether oxygens (including phenoxy) is 2. The van der Waals surface area contributed by atoms with Crippen molar-refractivity contribution in [2.24, 2.45) is 22.7 Å². The van der Waals surface area contributed by atoms with E-state index in [9.17, 15) is 19.8 Å². The normalized spacial score (nSPS) is 51.0. The highest BCUT2D eigenvalue weighted by Crippen LogP contribution is 2.73. The summed E-state index contributed by atoms with van der Waals surface area (Å²) in [6, 6.07) is 0. The van der Waals surface area contributed by atoms with E-state index in [0.29, 0.717) is 24.8 Å². The van der Waals surface area contributed by atoms with E-state index < -0.39 is 33.7 Å². The lowest BCUT2D eigenvalue weighted by molar-refractivity contribution is -0.190. The molecule has 0 aromatic heterocycles. The monoisotopic (exact) mass is 468 g/mol. The third-order valence-corrected chi connectivity index (χ3v) is 11.2. The van der Waals surface area contributed by atoms with Crippen molar-refractivity contribution in [1.82, 2.24) is 0 Å². The highest BCUT2D eigenvalue weighted by molar-refractivity contribution is 5.97. The van der Waals surface area contributed by atoms with Gasteiger partial charge in [-0.2, -0.15) is 0 Å². The topological polar surface area (TPSA) is 96.4 Å². The Hall–Kier alpha value is -1.76. The van der Waals surface area contributed by atoms with Crippen molar-refractivity contribution in [2.75, 3.05) is 0 Å². The van der Waals surface area contributed by atoms with Crippen LogP contribution < -0.4 is 0 Å². The summed E-state index contributed by atoms with van der Waals surface area (Å²) in [6.07, 6.45) is 8.76. The van der Waals surface area contributed by atoms with Gasteiger partial charge in [-0.15, -0.1) is 0 Å². The van der Waals surface area contributed by atoms with E-state index in [1.54, 1.807) is 19.9 Å². The summed E-state index contributed by atoms with van der Waals surface area (Å²) in [7, 11) is 0. The predicted molar refractivity (Wildman–Crippen MR) is 125 cm³/mol. The minimum Gasteiger partial charge on any atom is -0.455 e. The molecule has 6 heteroatoms. The van der Waals surface area contributed by atoms with Gasteiger partial charge in [-0.3, -0.25) is 4.79 Å². The van der Waals surface area contributed by atoms with Gasteiger partial charge in [0.2, 0.25) is 0 Å². The summed E-state index contributed by atoms with van der Waals surface area (Å²) in [5, 5.41) is 24.3. The maximum absolute atomic E-state index is 13.3. The van der Waals surface area contributed by atoms with Gasteiger partial charge in [0, 0.05) is 17.4 Å². The lowest BCUT2D eigenvalue weighted by atomic mass is 9.43. The number of allylic oxidation sites excluding steroid dienone is 1. The SMILES string of the molecule is CC1=C(C)C(=O)O[C@H]([C@](C)(O)C2=CC[C@@]3(O)[C@@H]4C[C@H]5O[C@]56CC=CC(=O)[C@]6(C)[C@H]4CC[C@]23C)C1. The Labute approximate surface area is 201 Å². The molecule has 2 N–H and O–H groups in total. The van der Waals surface area contributed by atoms with E-state index in [-0.39, 0.29) is 29.7 Å². The number of cyclic esters (lactones) is 1. The molecule has 0 radical (unpaired) electrons. The van der Waals surface area contributed by atoms with Crippen molar-refractivity contribution in [1.29, 1.82) is 0 Å². The van der Waals surface area contributed by atoms with Crippen LogP contribution in [-0.4, -0.2) is 51.0 Å². The van der Waals surface area contributed by atoms with Crippen LogP contribution in [0.5, 0.6) is 0 Å². The van der Waals surface area contributed by atoms with E-state index in [1.807, 2.05) is 19.1 Å². The van der Waals surface area contributed by atoms with Gasteiger partial charge in [0.05, 0.1) is 17.1 Å². The third kappa shape index (κ3) is 2.38. The van der Waals surface area contributed by atoms with E-state index in [0.717, 1.165) is 30.4 Å². The molecule has 2 saturated carbocycles. The molecule has 2 heterocycles. The van der Waals surface area contributed by atoms with Crippen LogP contribution in [0.15, 0.2) is 34.9 Å². The molecular formula is C28H36O6. The highest BCUT2D eigenvalue weighted by Gasteiger charge is 2.79. The Morgan fingerprint density at radius 1 is 1.15 bits per heavy atom. The fraction of sp³-hybridized carbons (Fsp3) is 0.714. The Bertz CT molecular complexity index is 1100. The Morgan fingerprint density at radius 3 is 2.59 bits per heavy atom. The molecule has 34 heavy (non-hydrogen) atoms. The van der Waals surface area contributed by atoms with Crippen LogP contribution in [0.1, 0.15) is 73.1 Å². The van der Waals surface area contributed by atoms with Crippen LogP contribution in [0.3, 0.4) is 0 Å². The zero-order chi connectivity index (χ0) is 24.5. The Kier molecular flexibility index (Phi) is 4.34. The molecular weight excluding hydrogens is 432 g/mol. The van der Waals surface area contributed by atoms with Gasteiger partial charge in [0.1, 0.15) is 17.3 Å². The summed E-state index contributed by atoms with van der Waals surface area (Å²) in [4.78, 5) is 25.7. The number of aliphatic hydroxyl groups is 2. The van der Waals surface area contributed by atoms with Crippen LogP contribution in [0.25, 0.3) is 0 Å². The summed E-state index contributed by atoms with van der Waals surface area (Å²) >= 11 is 0. The molecule has 9 atom stereocenters. The lowest BCUT2D eigenvalue weighted by Crippen LogP contribution is -2.66. The molecule has 3 fully saturated rings. The minimum absolute atomic E-state index is 0.0151. The molecule has 184 valence electrons. The van der Waals surface area contributed by atoms with Gasteiger partial charge in [-0.25, -0.2) is 4.79 Å². The molecule has 1 saturated heterocycles. The second-order valence-electron chi connectivity index (χ2n) is 12.4. The molecule has 4 aliphatic carbocycles. The van der Waals surface area contributed by atoms with Gasteiger partial charge in [0.15, 0.2) is 5.78 Å². The minimum atomic E-state index is -1.40. The second-order valence-corrected chi connectivity index (χ2v) is 12.4. The third-order valence-electron chi connectivity index (χ3n) is 11.2. The molecule has 6 nitrogen and oxygen atoms in total. The van der Waals surface area contributed by atoms with Crippen molar-refractivity contribution in [2.45, 2.75) is 102 Å². The summed E-state index contributed by atoms with van der Waals surface area (Å²) in [5.74, 6) is -0.342. The molecule has 2 aliphatic heterocycles. The fourth-order valence-corrected chi connectivity index (χ4v) is 8.75. The largest absolute Gasteiger partial charge is 0.455 e. The molecule has 0 bridgehead atoms. The van der Waals surface area contributed by atoms with Crippen LogP contribution in [-0.2, 0) is 19.1 Å². The standard InChI is InChI=1S/C28H36O6/c1-15-13-21(33-23(30)16(15)2)26(5,31)19-9-12-27(32)18-14-22-28(34-22)10-6-7-20(29)25(28,4)17(18)8-11-24(19,27)3/h6-7,9,17-18,21-22,31-32H,8,10-14H2,1-5H3/t17-,18+,21-,22+,24+,25-,26+,27+,28+/m0/s1. The van der Waals surface area contributed by atoms with Crippen molar-refractivity contribution < 1.29 is 29.3 Å². The Morgan fingerprint density at radius 2 is 1.88 bits per heavy atom. The second kappa shape index (κ2) is 6.51. The number of carbonyl (C=O) groups excluding carboxylic acids is 2. The van der Waals surface area contributed by atoms with Gasteiger partial charge in [0.25, 0.3) is 0 Å². The average molecular weight is 469 g/mol. The number of hydrogen-bond acceptors (Lipinski definition) is 6. The Balaban J connectivity index is 1.35. The van der Waals surface area contributed by atoms with Gasteiger partial charge in [-0.05, 0) is 83.3 Å². The number of epoxide rings is 1. The van der Waals surface area contributed by atoms with E-state index in [2.05, 4.69) is 13.8 Å². The van der Waals surface area contributed by atoms with E-state index >= 15 is 0 Å². The van der Waals surface area contributed by atoms with Crippen molar-refractivity contribution in [3.63, 3.8) is 0 Å². The van der Waals surface area contributed by atoms with Crippen molar-refractivity contribution >= 4 is 11.8 Å². The fourth-order valence-electron chi connectivity index (χ4n) is 8.75. The van der Waals surface area contributed by atoms with E-state index in [4.69, 9.17) is 9.47 Å². The lowest BCUT2D eigenvalue weighted by Gasteiger charge is -2.61. The maximum Gasteiger partial charge on any atom is 0.334 e. The van der Waals surface area contributed by atoms with Crippen molar-refractivity contribution in [3.8, 4) is 0 Å². The molecule has 6 aliphatic rings. The van der Waals surface area contributed by atoms with Crippen LogP contribution in [0.4, 0.5) is 0 Å².